The molecule has 0 aromatic carbocycles. The van der Waals surface area contributed by atoms with E-state index >= 15 is 0 Å². The number of nitrogens with zero attached hydrogens (tertiary/aromatic N) is 2. The van der Waals surface area contributed by atoms with Crippen molar-refractivity contribution in [2.24, 2.45) is 10.4 Å². The van der Waals surface area contributed by atoms with Crippen LogP contribution in [0, 0.1) is 5.41 Å². The van der Waals surface area contributed by atoms with E-state index in [2.05, 4.69) is 22.1 Å². The standard InChI is InChI=1S/C14H27N3O2S2/c1-4-12-9-17(7-8-20-12)13(15-2)16-10-14(5-6-14)11-21(3,18)19/h12H,4-11H2,1-3H3,(H,15,16). The highest BCUT2D eigenvalue weighted by Gasteiger charge is 2.45. The molecule has 2 fully saturated rings. The number of hydrogen-bond donors (Lipinski definition) is 1. The fraction of sp³-hybridized carbons (Fsp3) is 0.929. The third kappa shape index (κ3) is 5.06. The van der Waals surface area contributed by atoms with Gasteiger partial charge in [0, 0.05) is 49.4 Å². The Kier molecular flexibility index (Phi) is 5.46. The average molecular weight is 334 g/mol. The zero-order valence-corrected chi connectivity index (χ0v) is 14.9. The van der Waals surface area contributed by atoms with Crippen LogP contribution in [-0.4, -0.2) is 69.0 Å². The maximum Gasteiger partial charge on any atom is 0.193 e. The third-order valence-electron chi connectivity index (χ3n) is 4.25. The van der Waals surface area contributed by atoms with Gasteiger partial charge in [-0.3, -0.25) is 4.99 Å². The van der Waals surface area contributed by atoms with Gasteiger partial charge in [-0.25, -0.2) is 8.42 Å². The lowest BCUT2D eigenvalue weighted by atomic mass is 10.1. The summed E-state index contributed by atoms with van der Waals surface area (Å²) < 4.78 is 23.0. The summed E-state index contributed by atoms with van der Waals surface area (Å²) in [5.41, 5.74) is -0.0573. The van der Waals surface area contributed by atoms with Crippen LogP contribution in [-0.2, 0) is 9.84 Å². The second kappa shape index (κ2) is 6.77. The van der Waals surface area contributed by atoms with Crippen LogP contribution in [0.5, 0.6) is 0 Å². The highest BCUT2D eigenvalue weighted by atomic mass is 32.2. The molecule has 0 aromatic heterocycles. The molecule has 122 valence electrons. The average Bonchev–Trinajstić information content (AvgIpc) is 3.17. The van der Waals surface area contributed by atoms with E-state index in [1.54, 1.807) is 7.05 Å². The van der Waals surface area contributed by atoms with Crippen molar-refractivity contribution >= 4 is 27.6 Å². The van der Waals surface area contributed by atoms with Gasteiger partial charge in [0.15, 0.2) is 5.96 Å². The molecule has 1 N–H and O–H groups in total. The molecule has 0 spiro atoms. The summed E-state index contributed by atoms with van der Waals surface area (Å²) in [4.78, 5) is 6.69. The lowest BCUT2D eigenvalue weighted by Gasteiger charge is -2.34. The number of rotatable bonds is 5. The van der Waals surface area contributed by atoms with Crippen LogP contribution in [0.4, 0.5) is 0 Å². The lowest BCUT2D eigenvalue weighted by molar-refractivity contribution is 0.400. The Balaban J connectivity index is 1.89. The van der Waals surface area contributed by atoms with Gasteiger partial charge in [0.05, 0.1) is 5.75 Å². The van der Waals surface area contributed by atoms with Crippen molar-refractivity contribution in [3.05, 3.63) is 0 Å². The minimum atomic E-state index is -2.91. The number of nitrogens with one attached hydrogen (secondary N) is 1. The Bertz CT molecular complexity index is 486. The van der Waals surface area contributed by atoms with Gasteiger partial charge in [-0.15, -0.1) is 0 Å². The van der Waals surface area contributed by atoms with E-state index in [0.29, 0.717) is 11.8 Å². The normalized spacial score (nSPS) is 25.8. The van der Waals surface area contributed by atoms with Crippen molar-refractivity contribution < 1.29 is 8.42 Å². The largest absolute Gasteiger partial charge is 0.356 e. The summed E-state index contributed by atoms with van der Waals surface area (Å²) in [5, 5.41) is 4.08. The molecule has 2 rings (SSSR count). The van der Waals surface area contributed by atoms with Crippen LogP contribution < -0.4 is 5.32 Å². The van der Waals surface area contributed by atoms with Gasteiger partial charge < -0.3 is 10.2 Å². The van der Waals surface area contributed by atoms with Gasteiger partial charge in [0.25, 0.3) is 0 Å². The Morgan fingerprint density at radius 2 is 2.19 bits per heavy atom. The Morgan fingerprint density at radius 3 is 2.71 bits per heavy atom. The Hall–Kier alpha value is -0.430. The topological polar surface area (TPSA) is 61.8 Å². The molecule has 1 aliphatic carbocycles. The Morgan fingerprint density at radius 1 is 1.48 bits per heavy atom. The minimum Gasteiger partial charge on any atom is -0.356 e. The van der Waals surface area contributed by atoms with Crippen LogP contribution >= 0.6 is 11.8 Å². The summed E-state index contributed by atoms with van der Waals surface area (Å²) in [5.74, 6) is 2.35. The van der Waals surface area contributed by atoms with E-state index in [9.17, 15) is 8.42 Å². The number of guanidine groups is 1. The van der Waals surface area contributed by atoms with Crippen LogP contribution in [0.2, 0.25) is 0 Å². The smallest absolute Gasteiger partial charge is 0.193 e. The molecule has 1 unspecified atom stereocenters. The first kappa shape index (κ1) is 16.9. The molecule has 0 radical (unpaired) electrons. The molecule has 21 heavy (non-hydrogen) atoms. The summed E-state index contributed by atoms with van der Waals surface area (Å²) in [6, 6.07) is 0. The fourth-order valence-electron chi connectivity index (χ4n) is 2.86. The first-order valence-corrected chi connectivity index (χ1v) is 10.7. The Labute approximate surface area is 132 Å². The second-order valence-corrected chi connectivity index (χ2v) is 9.87. The fourth-order valence-corrected chi connectivity index (χ4v) is 5.55. The molecular formula is C14H27N3O2S2. The van der Waals surface area contributed by atoms with Crippen molar-refractivity contribution in [3.63, 3.8) is 0 Å². The zero-order chi connectivity index (χ0) is 15.5. The van der Waals surface area contributed by atoms with Crippen LogP contribution in [0.15, 0.2) is 4.99 Å². The maximum absolute atomic E-state index is 11.5. The second-order valence-electron chi connectivity index (χ2n) is 6.32. The third-order valence-corrected chi connectivity index (χ3v) is 6.76. The van der Waals surface area contributed by atoms with Crippen LogP contribution in [0.25, 0.3) is 0 Å². The molecule has 1 heterocycles. The SMILES string of the molecule is CCC1CN(C(=NC)NCC2(CS(C)(=O)=O)CC2)CCS1. The van der Waals surface area contributed by atoms with Gasteiger partial charge in [-0.1, -0.05) is 6.92 Å². The molecular weight excluding hydrogens is 306 g/mol. The van der Waals surface area contributed by atoms with E-state index in [1.165, 1.54) is 12.7 Å². The number of aliphatic imine (C=N–C) groups is 1. The zero-order valence-electron chi connectivity index (χ0n) is 13.3. The van der Waals surface area contributed by atoms with Crippen molar-refractivity contribution in [2.75, 3.05) is 44.4 Å². The van der Waals surface area contributed by atoms with Crippen molar-refractivity contribution in [1.82, 2.24) is 10.2 Å². The van der Waals surface area contributed by atoms with E-state index in [4.69, 9.17) is 0 Å². The molecule has 7 heteroatoms. The predicted molar refractivity (Wildman–Crippen MR) is 90.8 cm³/mol. The molecule has 0 bridgehead atoms. The number of thioether (sulfide) groups is 1. The van der Waals surface area contributed by atoms with Crippen molar-refractivity contribution in [1.29, 1.82) is 0 Å². The molecule has 0 aromatic rings. The lowest BCUT2D eigenvalue weighted by Crippen LogP contribution is -2.49. The molecule has 1 saturated heterocycles. The van der Waals surface area contributed by atoms with Crippen molar-refractivity contribution in [2.45, 2.75) is 31.4 Å². The molecule has 2 aliphatic rings. The predicted octanol–water partition coefficient (Wildman–Crippen LogP) is 1.21. The van der Waals surface area contributed by atoms with E-state index in [1.807, 2.05) is 11.8 Å². The highest BCUT2D eigenvalue weighted by molar-refractivity contribution is 8.00. The number of hydrogen-bond acceptors (Lipinski definition) is 4. The summed E-state index contributed by atoms with van der Waals surface area (Å²) >= 11 is 2.03. The monoisotopic (exact) mass is 333 g/mol. The minimum absolute atomic E-state index is 0.0573. The summed E-state index contributed by atoms with van der Waals surface area (Å²) in [6.45, 7) is 4.98. The van der Waals surface area contributed by atoms with Gasteiger partial charge in [-0.2, -0.15) is 11.8 Å². The molecule has 1 saturated carbocycles. The van der Waals surface area contributed by atoms with Gasteiger partial charge in [-0.05, 0) is 19.3 Å². The van der Waals surface area contributed by atoms with Crippen LogP contribution in [0.1, 0.15) is 26.2 Å². The first-order chi connectivity index (χ1) is 9.87. The quantitative estimate of drug-likeness (QED) is 0.605. The van der Waals surface area contributed by atoms with Gasteiger partial charge in [0.1, 0.15) is 9.84 Å². The van der Waals surface area contributed by atoms with E-state index in [0.717, 1.165) is 37.6 Å². The summed E-state index contributed by atoms with van der Waals surface area (Å²) in [6.07, 6.45) is 4.50. The van der Waals surface area contributed by atoms with Crippen molar-refractivity contribution in [3.8, 4) is 0 Å². The molecule has 1 aliphatic heterocycles. The molecule has 0 amide bonds. The summed E-state index contributed by atoms with van der Waals surface area (Å²) in [7, 11) is -1.10. The maximum atomic E-state index is 11.5. The van der Waals surface area contributed by atoms with Gasteiger partial charge in [0.2, 0.25) is 0 Å². The van der Waals surface area contributed by atoms with Gasteiger partial charge >= 0.3 is 0 Å². The van der Waals surface area contributed by atoms with Crippen LogP contribution in [0.3, 0.4) is 0 Å². The van der Waals surface area contributed by atoms with E-state index < -0.39 is 9.84 Å². The molecule has 1 atom stereocenters. The highest BCUT2D eigenvalue weighted by Crippen LogP contribution is 2.46. The first-order valence-electron chi connectivity index (χ1n) is 7.62. The number of sulfone groups is 1. The van der Waals surface area contributed by atoms with E-state index in [-0.39, 0.29) is 11.2 Å². The molecule has 5 nitrogen and oxygen atoms in total.